The van der Waals surface area contributed by atoms with E-state index in [0.29, 0.717) is 12.4 Å². The summed E-state index contributed by atoms with van der Waals surface area (Å²) in [7, 11) is -2.89. The van der Waals surface area contributed by atoms with Crippen LogP contribution >= 0.6 is 0 Å². The van der Waals surface area contributed by atoms with Crippen molar-refractivity contribution in [3.05, 3.63) is 11.8 Å². The predicted molar refractivity (Wildman–Crippen MR) is 80.8 cm³/mol. The number of hydrogen-bond donors (Lipinski definition) is 2. The molecule has 1 saturated heterocycles. The van der Waals surface area contributed by atoms with Crippen LogP contribution in [0.25, 0.3) is 0 Å². The molecule has 1 aromatic heterocycles. The molecule has 0 aromatic carbocycles. The Morgan fingerprint density at radius 2 is 2.20 bits per heavy atom. The van der Waals surface area contributed by atoms with Crippen LogP contribution in [-0.4, -0.2) is 42.5 Å². The molecule has 1 aliphatic rings. The van der Waals surface area contributed by atoms with Crippen LogP contribution in [0.1, 0.15) is 31.9 Å². The molecule has 0 amide bonds. The molecule has 7 heteroatoms. The molecule has 112 valence electrons. The summed E-state index contributed by atoms with van der Waals surface area (Å²) in [5.41, 5.74) is 0.863. The van der Waals surface area contributed by atoms with Crippen molar-refractivity contribution >= 4 is 21.6 Å². The topological polar surface area (TPSA) is 84.0 Å². The van der Waals surface area contributed by atoms with Crippen molar-refractivity contribution in [2.45, 2.75) is 39.2 Å². The number of anilines is 2. The quantitative estimate of drug-likeness (QED) is 0.776. The highest BCUT2D eigenvalue weighted by atomic mass is 32.2. The van der Waals surface area contributed by atoms with Gasteiger partial charge in [-0.15, -0.1) is 0 Å². The van der Waals surface area contributed by atoms with Crippen LogP contribution in [0, 0.1) is 6.92 Å². The van der Waals surface area contributed by atoms with Crippen molar-refractivity contribution < 1.29 is 8.42 Å². The SMILES string of the molecule is CCCCNc1cc(C)nc(NC2CCS(=O)(=O)C2)n1. The van der Waals surface area contributed by atoms with Gasteiger partial charge in [-0.3, -0.25) is 0 Å². The predicted octanol–water partition coefficient (Wildman–Crippen LogP) is 1.60. The molecule has 2 heterocycles. The second-order valence-corrected chi connectivity index (χ2v) is 7.47. The molecule has 1 aromatic rings. The minimum absolute atomic E-state index is 0.0784. The van der Waals surface area contributed by atoms with Crippen LogP contribution in [0.2, 0.25) is 0 Å². The molecule has 1 atom stereocenters. The zero-order chi connectivity index (χ0) is 14.6. The lowest BCUT2D eigenvalue weighted by molar-refractivity contribution is 0.602. The standard InChI is InChI=1S/C13H22N4O2S/c1-3-4-6-14-12-8-10(2)15-13(17-12)16-11-5-7-20(18,19)9-11/h8,11H,3-7,9H2,1-2H3,(H2,14,15,16,17). The molecule has 1 fully saturated rings. The Balaban J connectivity index is 2.00. The Morgan fingerprint density at radius 1 is 1.40 bits per heavy atom. The van der Waals surface area contributed by atoms with Crippen LogP contribution in [0.4, 0.5) is 11.8 Å². The van der Waals surface area contributed by atoms with E-state index in [9.17, 15) is 8.42 Å². The fraction of sp³-hybridized carbons (Fsp3) is 0.692. The smallest absolute Gasteiger partial charge is 0.225 e. The third-order valence-corrected chi connectivity index (χ3v) is 5.02. The molecule has 2 rings (SSSR count). The number of nitrogens with one attached hydrogen (secondary N) is 2. The van der Waals surface area contributed by atoms with E-state index in [4.69, 9.17) is 0 Å². The van der Waals surface area contributed by atoms with Gasteiger partial charge >= 0.3 is 0 Å². The summed E-state index contributed by atoms with van der Waals surface area (Å²) < 4.78 is 22.9. The van der Waals surface area contributed by atoms with E-state index < -0.39 is 9.84 Å². The Hall–Kier alpha value is -1.37. The molecule has 0 radical (unpaired) electrons. The van der Waals surface area contributed by atoms with Crippen LogP contribution < -0.4 is 10.6 Å². The van der Waals surface area contributed by atoms with Gasteiger partial charge in [0.1, 0.15) is 5.82 Å². The normalized spacial score (nSPS) is 20.8. The Kier molecular flexibility index (Phi) is 4.80. The summed E-state index contributed by atoms with van der Waals surface area (Å²) in [4.78, 5) is 8.70. The molecule has 0 spiro atoms. The first-order valence-corrected chi connectivity index (χ1v) is 8.87. The molecule has 0 bridgehead atoms. The first-order valence-electron chi connectivity index (χ1n) is 7.05. The summed E-state index contributed by atoms with van der Waals surface area (Å²) in [5.74, 6) is 1.71. The highest BCUT2D eigenvalue weighted by Gasteiger charge is 2.28. The third-order valence-electron chi connectivity index (χ3n) is 3.26. The second kappa shape index (κ2) is 6.39. The van der Waals surface area contributed by atoms with Crippen molar-refractivity contribution in [2.24, 2.45) is 0 Å². The van der Waals surface area contributed by atoms with Crippen LogP contribution in [-0.2, 0) is 9.84 Å². The zero-order valence-corrected chi connectivity index (χ0v) is 12.8. The lowest BCUT2D eigenvalue weighted by Gasteiger charge is -2.13. The first kappa shape index (κ1) is 15.0. The highest BCUT2D eigenvalue weighted by Crippen LogP contribution is 2.17. The van der Waals surface area contributed by atoms with Gasteiger partial charge in [0.2, 0.25) is 5.95 Å². The maximum Gasteiger partial charge on any atom is 0.225 e. The number of aromatic nitrogens is 2. The van der Waals surface area contributed by atoms with E-state index in [2.05, 4.69) is 27.5 Å². The van der Waals surface area contributed by atoms with Crippen molar-refractivity contribution in [3.63, 3.8) is 0 Å². The van der Waals surface area contributed by atoms with Gasteiger partial charge in [0.15, 0.2) is 9.84 Å². The molecule has 0 aliphatic carbocycles. The van der Waals surface area contributed by atoms with Gasteiger partial charge in [0.05, 0.1) is 11.5 Å². The highest BCUT2D eigenvalue weighted by molar-refractivity contribution is 7.91. The Bertz CT molecular complexity index is 559. The minimum atomic E-state index is -2.89. The number of hydrogen-bond acceptors (Lipinski definition) is 6. The molecular formula is C13H22N4O2S. The summed E-state index contributed by atoms with van der Waals surface area (Å²) in [6, 6.07) is 1.82. The van der Waals surface area contributed by atoms with Crippen molar-refractivity contribution in [1.82, 2.24) is 9.97 Å². The number of nitrogens with zero attached hydrogens (tertiary/aromatic N) is 2. The molecule has 1 unspecified atom stereocenters. The largest absolute Gasteiger partial charge is 0.370 e. The maximum atomic E-state index is 11.4. The average molecular weight is 298 g/mol. The zero-order valence-electron chi connectivity index (χ0n) is 12.0. The molecule has 0 saturated carbocycles. The molecule has 20 heavy (non-hydrogen) atoms. The molecule has 1 aliphatic heterocycles. The monoisotopic (exact) mass is 298 g/mol. The number of aryl methyl sites for hydroxylation is 1. The molecule has 6 nitrogen and oxygen atoms in total. The van der Waals surface area contributed by atoms with E-state index in [1.165, 1.54) is 0 Å². The number of rotatable bonds is 6. The van der Waals surface area contributed by atoms with Gasteiger partial charge in [-0.05, 0) is 19.8 Å². The Morgan fingerprint density at radius 3 is 2.85 bits per heavy atom. The van der Waals surface area contributed by atoms with Crippen molar-refractivity contribution in [3.8, 4) is 0 Å². The van der Waals surface area contributed by atoms with Crippen LogP contribution in [0.3, 0.4) is 0 Å². The number of unbranched alkanes of at least 4 members (excludes halogenated alkanes) is 1. The van der Waals surface area contributed by atoms with Gasteiger partial charge in [0, 0.05) is 24.3 Å². The minimum Gasteiger partial charge on any atom is -0.370 e. The van der Waals surface area contributed by atoms with E-state index >= 15 is 0 Å². The van der Waals surface area contributed by atoms with Gasteiger partial charge in [-0.1, -0.05) is 13.3 Å². The van der Waals surface area contributed by atoms with Gasteiger partial charge in [-0.25, -0.2) is 13.4 Å². The van der Waals surface area contributed by atoms with Crippen molar-refractivity contribution in [1.29, 1.82) is 0 Å². The summed E-state index contributed by atoms with van der Waals surface area (Å²) >= 11 is 0. The van der Waals surface area contributed by atoms with E-state index in [1.54, 1.807) is 0 Å². The first-order chi connectivity index (χ1) is 9.48. The van der Waals surface area contributed by atoms with E-state index in [1.807, 2.05) is 13.0 Å². The summed E-state index contributed by atoms with van der Waals surface area (Å²) in [6.45, 7) is 4.92. The number of sulfone groups is 1. The van der Waals surface area contributed by atoms with Gasteiger partial charge in [-0.2, -0.15) is 4.98 Å². The fourth-order valence-corrected chi connectivity index (χ4v) is 3.88. The lowest BCUT2D eigenvalue weighted by atomic mass is 10.3. The van der Waals surface area contributed by atoms with E-state index in [0.717, 1.165) is 30.9 Å². The van der Waals surface area contributed by atoms with Crippen LogP contribution in [0.5, 0.6) is 0 Å². The van der Waals surface area contributed by atoms with Crippen LogP contribution in [0.15, 0.2) is 6.07 Å². The van der Waals surface area contributed by atoms with Gasteiger partial charge in [0.25, 0.3) is 0 Å². The lowest BCUT2D eigenvalue weighted by Crippen LogP contribution is -2.22. The van der Waals surface area contributed by atoms with Gasteiger partial charge < -0.3 is 10.6 Å². The third kappa shape index (κ3) is 4.33. The molecular weight excluding hydrogens is 276 g/mol. The summed E-state index contributed by atoms with van der Waals surface area (Å²) in [5, 5.41) is 6.39. The fourth-order valence-electron chi connectivity index (χ4n) is 2.21. The van der Waals surface area contributed by atoms with E-state index in [-0.39, 0.29) is 17.5 Å². The second-order valence-electron chi connectivity index (χ2n) is 5.24. The molecule has 2 N–H and O–H groups in total. The summed E-state index contributed by atoms with van der Waals surface area (Å²) in [6.07, 6.45) is 2.84. The average Bonchev–Trinajstić information content (AvgIpc) is 2.68. The Labute approximate surface area is 120 Å². The van der Waals surface area contributed by atoms with Crippen molar-refractivity contribution in [2.75, 3.05) is 28.7 Å². The maximum absolute atomic E-state index is 11.4.